The van der Waals surface area contributed by atoms with Crippen molar-refractivity contribution in [3.63, 3.8) is 0 Å². The molecule has 0 atom stereocenters. The highest BCUT2D eigenvalue weighted by Crippen LogP contribution is 2.13. The second-order valence-electron chi connectivity index (χ2n) is 5.15. The van der Waals surface area contributed by atoms with E-state index in [1.807, 2.05) is 37.4 Å². The standard InChI is InChI=1S/C15H17N3O2S/c1-12-10-16-18(11-12)14-4-2-13(3-5-14)15(19)17-6-8-21(20)9-7-17/h2-5,10-11H,6-9H2,1H3. The van der Waals surface area contributed by atoms with Crippen LogP contribution in [0.5, 0.6) is 0 Å². The molecule has 110 valence electrons. The molecule has 0 aliphatic carbocycles. The highest BCUT2D eigenvalue weighted by molar-refractivity contribution is 7.85. The molecule has 0 N–H and O–H groups in total. The van der Waals surface area contributed by atoms with Gasteiger partial charge in [0.25, 0.3) is 5.91 Å². The van der Waals surface area contributed by atoms with E-state index in [9.17, 15) is 9.00 Å². The Labute approximate surface area is 126 Å². The molecule has 6 heteroatoms. The lowest BCUT2D eigenvalue weighted by Gasteiger charge is -2.26. The van der Waals surface area contributed by atoms with E-state index < -0.39 is 10.8 Å². The van der Waals surface area contributed by atoms with Crippen LogP contribution in [0.1, 0.15) is 15.9 Å². The molecule has 1 aliphatic rings. The van der Waals surface area contributed by atoms with Gasteiger partial charge in [0, 0.05) is 47.2 Å². The fourth-order valence-corrected chi connectivity index (χ4v) is 3.39. The summed E-state index contributed by atoms with van der Waals surface area (Å²) >= 11 is 0. The fourth-order valence-electron chi connectivity index (χ4n) is 2.33. The summed E-state index contributed by atoms with van der Waals surface area (Å²) in [6.07, 6.45) is 3.74. The molecule has 1 aromatic heterocycles. The maximum atomic E-state index is 12.4. The predicted octanol–water partition coefficient (Wildman–Crippen LogP) is 1.39. The zero-order chi connectivity index (χ0) is 14.8. The summed E-state index contributed by atoms with van der Waals surface area (Å²) < 4.78 is 13.1. The van der Waals surface area contributed by atoms with Crippen molar-refractivity contribution in [2.24, 2.45) is 0 Å². The molecule has 2 aromatic rings. The van der Waals surface area contributed by atoms with Gasteiger partial charge >= 0.3 is 0 Å². The van der Waals surface area contributed by atoms with Crippen LogP contribution in [0.4, 0.5) is 0 Å². The van der Waals surface area contributed by atoms with Crippen molar-refractivity contribution in [1.29, 1.82) is 0 Å². The average molecular weight is 303 g/mol. The van der Waals surface area contributed by atoms with Crippen LogP contribution in [-0.4, -0.2) is 49.4 Å². The molecule has 2 heterocycles. The molecular formula is C15H17N3O2S. The second-order valence-corrected chi connectivity index (χ2v) is 6.85. The molecule has 0 bridgehead atoms. The lowest BCUT2D eigenvalue weighted by molar-refractivity contribution is 0.0771. The van der Waals surface area contributed by atoms with Gasteiger partial charge in [-0.3, -0.25) is 9.00 Å². The smallest absolute Gasteiger partial charge is 0.253 e. The Kier molecular flexibility index (Phi) is 3.88. The Morgan fingerprint density at radius 1 is 1.19 bits per heavy atom. The molecule has 0 spiro atoms. The van der Waals surface area contributed by atoms with E-state index in [1.165, 1.54) is 0 Å². The first kappa shape index (κ1) is 14.0. The van der Waals surface area contributed by atoms with E-state index in [4.69, 9.17) is 0 Å². The van der Waals surface area contributed by atoms with Crippen molar-refractivity contribution in [2.75, 3.05) is 24.6 Å². The molecule has 1 aromatic carbocycles. The number of carbonyl (C=O) groups is 1. The van der Waals surface area contributed by atoms with Gasteiger partial charge in [-0.2, -0.15) is 5.10 Å². The Morgan fingerprint density at radius 2 is 1.86 bits per heavy atom. The monoisotopic (exact) mass is 303 g/mol. The Morgan fingerprint density at radius 3 is 2.43 bits per heavy atom. The molecule has 1 fully saturated rings. The van der Waals surface area contributed by atoms with Crippen LogP contribution in [0.2, 0.25) is 0 Å². The largest absolute Gasteiger partial charge is 0.337 e. The van der Waals surface area contributed by atoms with Gasteiger partial charge in [-0.05, 0) is 36.8 Å². The Balaban J connectivity index is 1.74. The zero-order valence-corrected chi connectivity index (χ0v) is 12.7. The van der Waals surface area contributed by atoms with Crippen molar-refractivity contribution in [1.82, 2.24) is 14.7 Å². The van der Waals surface area contributed by atoms with Gasteiger partial charge in [0.1, 0.15) is 0 Å². The van der Waals surface area contributed by atoms with Gasteiger partial charge < -0.3 is 4.90 Å². The minimum absolute atomic E-state index is 0.00916. The normalized spacial score (nSPS) is 16.1. The predicted molar refractivity (Wildman–Crippen MR) is 82.1 cm³/mol. The topological polar surface area (TPSA) is 55.2 Å². The molecule has 0 saturated carbocycles. The summed E-state index contributed by atoms with van der Waals surface area (Å²) in [5.74, 6) is 1.17. The van der Waals surface area contributed by atoms with Crippen LogP contribution in [0.15, 0.2) is 36.7 Å². The molecule has 5 nitrogen and oxygen atoms in total. The van der Waals surface area contributed by atoms with Crippen molar-refractivity contribution in [2.45, 2.75) is 6.92 Å². The third-order valence-corrected chi connectivity index (χ3v) is 4.83. The highest BCUT2D eigenvalue weighted by atomic mass is 32.2. The fraction of sp³-hybridized carbons (Fsp3) is 0.333. The number of aromatic nitrogens is 2. The Bertz CT molecular complexity index is 668. The molecule has 1 saturated heterocycles. The minimum Gasteiger partial charge on any atom is -0.337 e. The van der Waals surface area contributed by atoms with E-state index in [-0.39, 0.29) is 5.91 Å². The second kappa shape index (κ2) is 5.81. The number of hydrogen-bond acceptors (Lipinski definition) is 3. The van der Waals surface area contributed by atoms with Crippen LogP contribution in [-0.2, 0) is 10.8 Å². The third kappa shape index (κ3) is 3.05. The van der Waals surface area contributed by atoms with Crippen LogP contribution < -0.4 is 0 Å². The summed E-state index contributed by atoms with van der Waals surface area (Å²) in [5, 5.41) is 4.25. The van der Waals surface area contributed by atoms with Gasteiger partial charge in [0.05, 0.1) is 11.9 Å². The average Bonchev–Trinajstić information content (AvgIpc) is 2.94. The molecule has 3 rings (SSSR count). The van der Waals surface area contributed by atoms with Gasteiger partial charge in [-0.15, -0.1) is 0 Å². The lowest BCUT2D eigenvalue weighted by Crippen LogP contribution is -2.41. The summed E-state index contributed by atoms with van der Waals surface area (Å²) in [7, 11) is -0.766. The molecule has 1 aliphatic heterocycles. The molecule has 1 amide bonds. The van der Waals surface area contributed by atoms with Gasteiger partial charge in [0.2, 0.25) is 0 Å². The number of benzene rings is 1. The van der Waals surface area contributed by atoms with E-state index in [1.54, 1.807) is 15.8 Å². The van der Waals surface area contributed by atoms with E-state index in [0.717, 1.165) is 11.3 Å². The quantitative estimate of drug-likeness (QED) is 0.842. The first-order valence-corrected chi connectivity index (χ1v) is 8.38. The molecular weight excluding hydrogens is 286 g/mol. The maximum Gasteiger partial charge on any atom is 0.253 e. The number of rotatable bonds is 2. The molecule has 0 unspecified atom stereocenters. The van der Waals surface area contributed by atoms with Crippen LogP contribution in [0.3, 0.4) is 0 Å². The summed E-state index contributed by atoms with van der Waals surface area (Å²) in [6, 6.07) is 7.42. The number of hydrogen-bond donors (Lipinski definition) is 0. The summed E-state index contributed by atoms with van der Waals surface area (Å²) in [6.45, 7) is 3.14. The van der Waals surface area contributed by atoms with Crippen LogP contribution >= 0.6 is 0 Å². The molecule has 0 radical (unpaired) electrons. The molecule has 21 heavy (non-hydrogen) atoms. The summed E-state index contributed by atoms with van der Waals surface area (Å²) in [4.78, 5) is 14.1. The highest BCUT2D eigenvalue weighted by Gasteiger charge is 2.21. The van der Waals surface area contributed by atoms with E-state index in [0.29, 0.717) is 30.2 Å². The lowest BCUT2D eigenvalue weighted by atomic mass is 10.2. The van der Waals surface area contributed by atoms with E-state index >= 15 is 0 Å². The first-order valence-electron chi connectivity index (χ1n) is 6.89. The van der Waals surface area contributed by atoms with Gasteiger partial charge in [-0.1, -0.05) is 0 Å². The number of amides is 1. The first-order chi connectivity index (χ1) is 10.1. The van der Waals surface area contributed by atoms with Crippen molar-refractivity contribution in [3.8, 4) is 5.69 Å². The van der Waals surface area contributed by atoms with Gasteiger partial charge in [-0.25, -0.2) is 4.68 Å². The third-order valence-electron chi connectivity index (χ3n) is 3.56. The number of nitrogens with zero attached hydrogens (tertiary/aromatic N) is 3. The SMILES string of the molecule is Cc1cnn(-c2ccc(C(=O)N3CCS(=O)CC3)cc2)c1. The van der Waals surface area contributed by atoms with Crippen molar-refractivity contribution >= 4 is 16.7 Å². The summed E-state index contributed by atoms with van der Waals surface area (Å²) in [5.41, 5.74) is 2.69. The van der Waals surface area contributed by atoms with Gasteiger partial charge in [0.15, 0.2) is 0 Å². The van der Waals surface area contributed by atoms with Crippen molar-refractivity contribution in [3.05, 3.63) is 47.8 Å². The van der Waals surface area contributed by atoms with Crippen LogP contribution in [0.25, 0.3) is 5.69 Å². The minimum atomic E-state index is -0.766. The number of aryl methyl sites for hydroxylation is 1. The zero-order valence-electron chi connectivity index (χ0n) is 11.9. The Hall–Kier alpha value is -1.95. The van der Waals surface area contributed by atoms with Crippen molar-refractivity contribution < 1.29 is 9.00 Å². The number of carbonyl (C=O) groups excluding carboxylic acids is 1. The van der Waals surface area contributed by atoms with Crippen LogP contribution in [0, 0.1) is 6.92 Å². The van der Waals surface area contributed by atoms with E-state index in [2.05, 4.69) is 5.10 Å². The maximum absolute atomic E-state index is 12.4.